The van der Waals surface area contributed by atoms with Gasteiger partial charge in [-0.05, 0) is 47.9 Å². The average molecular weight is 360 g/mol. The van der Waals surface area contributed by atoms with E-state index in [1.807, 2.05) is 24.3 Å². The van der Waals surface area contributed by atoms with Crippen LogP contribution < -0.4 is 5.32 Å². The van der Waals surface area contributed by atoms with Crippen molar-refractivity contribution in [2.24, 2.45) is 5.92 Å². The van der Waals surface area contributed by atoms with Gasteiger partial charge in [0.2, 0.25) is 11.7 Å². The molecule has 1 heterocycles. The Kier molecular flexibility index (Phi) is 5.46. The van der Waals surface area contributed by atoms with E-state index in [0.29, 0.717) is 29.2 Å². The van der Waals surface area contributed by atoms with Gasteiger partial charge in [0.15, 0.2) is 0 Å². The maximum Gasteiger partial charge on any atom is 0.240 e. The summed E-state index contributed by atoms with van der Waals surface area (Å²) in [5.41, 5.74) is 1.87. The molecule has 1 aromatic heterocycles. The minimum Gasteiger partial charge on any atom is -0.338 e. The lowest BCUT2D eigenvalue weighted by Crippen LogP contribution is -2.25. The molecule has 25 heavy (non-hydrogen) atoms. The number of rotatable bonds is 6. The van der Waals surface area contributed by atoms with Crippen LogP contribution in [0.1, 0.15) is 31.3 Å². The first-order valence-electron chi connectivity index (χ1n) is 8.10. The summed E-state index contributed by atoms with van der Waals surface area (Å²) < 4.78 is 18.3. The summed E-state index contributed by atoms with van der Waals surface area (Å²) >= 11 is 5.96. The Bertz CT molecular complexity index is 815. The van der Waals surface area contributed by atoms with Gasteiger partial charge in [0.25, 0.3) is 0 Å². The summed E-state index contributed by atoms with van der Waals surface area (Å²) in [6, 6.07) is 13.9. The first-order chi connectivity index (χ1) is 12.0. The molecule has 1 N–H and O–H groups in total. The van der Waals surface area contributed by atoms with Gasteiger partial charge >= 0.3 is 0 Å². The van der Waals surface area contributed by atoms with E-state index in [4.69, 9.17) is 16.1 Å². The third kappa shape index (κ3) is 4.44. The Balaban J connectivity index is 1.69. The molecule has 0 bridgehead atoms. The minimum atomic E-state index is -0.295. The van der Waals surface area contributed by atoms with Gasteiger partial charge < -0.3 is 9.84 Å². The van der Waals surface area contributed by atoms with Crippen LogP contribution in [-0.4, -0.2) is 10.1 Å². The monoisotopic (exact) mass is 359 g/mol. The molecular formula is C19H19ClFN3O. The van der Waals surface area contributed by atoms with Crippen molar-refractivity contribution in [2.45, 2.75) is 26.4 Å². The number of hydrogen-bond acceptors (Lipinski definition) is 4. The van der Waals surface area contributed by atoms with Crippen molar-refractivity contribution in [1.29, 1.82) is 0 Å². The fraction of sp³-hybridized carbons (Fsp3) is 0.263. The zero-order valence-corrected chi connectivity index (χ0v) is 14.8. The molecule has 0 saturated carbocycles. The molecule has 130 valence electrons. The highest BCUT2D eigenvalue weighted by molar-refractivity contribution is 6.30. The highest BCUT2D eigenvalue weighted by Gasteiger charge is 2.17. The van der Waals surface area contributed by atoms with E-state index in [0.717, 1.165) is 11.1 Å². The summed E-state index contributed by atoms with van der Waals surface area (Å²) in [6.07, 6.45) is 0. The Morgan fingerprint density at radius 1 is 1.08 bits per heavy atom. The first-order valence-corrected chi connectivity index (χ1v) is 8.48. The Morgan fingerprint density at radius 2 is 1.76 bits per heavy atom. The molecular weight excluding hydrogens is 341 g/mol. The van der Waals surface area contributed by atoms with E-state index in [2.05, 4.69) is 29.3 Å². The molecule has 1 unspecified atom stereocenters. The smallest absolute Gasteiger partial charge is 0.240 e. The molecule has 0 amide bonds. The zero-order chi connectivity index (χ0) is 17.8. The van der Waals surface area contributed by atoms with Crippen LogP contribution in [0.4, 0.5) is 4.39 Å². The van der Waals surface area contributed by atoms with E-state index < -0.39 is 0 Å². The average Bonchev–Trinajstić information content (AvgIpc) is 3.06. The first kappa shape index (κ1) is 17.6. The minimum absolute atomic E-state index is 0.137. The highest BCUT2D eigenvalue weighted by Crippen LogP contribution is 2.24. The Hall–Kier alpha value is -2.24. The normalized spacial score (nSPS) is 12.5. The van der Waals surface area contributed by atoms with Gasteiger partial charge in [-0.15, -0.1) is 0 Å². The number of nitrogens with one attached hydrogen (secondary N) is 1. The number of halogens is 2. The molecule has 6 heteroatoms. The van der Waals surface area contributed by atoms with Crippen molar-refractivity contribution in [3.8, 4) is 11.4 Å². The lowest BCUT2D eigenvalue weighted by atomic mass is 9.96. The molecule has 3 aromatic rings. The zero-order valence-electron chi connectivity index (χ0n) is 14.0. The number of benzene rings is 2. The number of hydrogen-bond donors (Lipinski definition) is 1. The second-order valence-corrected chi connectivity index (χ2v) is 6.61. The highest BCUT2D eigenvalue weighted by atomic mass is 35.5. The Morgan fingerprint density at radius 3 is 2.40 bits per heavy atom. The molecule has 0 radical (unpaired) electrons. The summed E-state index contributed by atoms with van der Waals surface area (Å²) in [5, 5.41) is 8.12. The molecule has 0 spiro atoms. The van der Waals surface area contributed by atoms with E-state index in [1.165, 1.54) is 12.1 Å². The molecule has 0 aliphatic heterocycles. The predicted octanol–water partition coefficient (Wildman–Crippen LogP) is 5.02. The van der Waals surface area contributed by atoms with Crippen LogP contribution in [0.3, 0.4) is 0 Å². The van der Waals surface area contributed by atoms with E-state index in [-0.39, 0.29) is 11.9 Å². The molecule has 2 aromatic carbocycles. The van der Waals surface area contributed by atoms with Crippen LogP contribution in [0.15, 0.2) is 53.1 Å². The summed E-state index contributed by atoms with van der Waals surface area (Å²) in [7, 11) is 0. The van der Waals surface area contributed by atoms with Crippen molar-refractivity contribution in [1.82, 2.24) is 15.5 Å². The van der Waals surface area contributed by atoms with Crippen molar-refractivity contribution in [3.05, 3.63) is 70.8 Å². The topological polar surface area (TPSA) is 51.0 Å². The number of nitrogens with zero attached hydrogens (tertiary/aromatic N) is 2. The van der Waals surface area contributed by atoms with Crippen LogP contribution in [0.25, 0.3) is 11.4 Å². The third-order valence-electron chi connectivity index (χ3n) is 3.94. The van der Waals surface area contributed by atoms with Gasteiger partial charge in [-0.1, -0.05) is 42.7 Å². The van der Waals surface area contributed by atoms with Crippen LogP contribution >= 0.6 is 11.6 Å². The third-order valence-corrected chi connectivity index (χ3v) is 4.19. The summed E-state index contributed by atoms with van der Waals surface area (Å²) in [4.78, 5) is 4.37. The Labute approximate surface area is 151 Å². The lowest BCUT2D eigenvalue weighted by molar-refractivity contribution is 0.338. The van der Waals surface area contributed by atoms with E-state index in [1.54, 1.807) is 12.1 Å². The molecule has 1 atom stereocenters. The summed E-state index contributed by atoms with van der Waals surface area (Å²) in [5.74, 6) is 1.01. The van der Waals surface area contributed by atoms with Crippen molar-refractivity contribution < 1.29 is 8.91 Å². The van der Waals surface area contributed by atoms with Crippen molar-refractivity contribution in [2.75, 3.05) is 0 Å². The van der Waals surface area contributed by atoms with Crippen LogP contribution in [0.5, 0.6) is 0 Å². The largest absolute Gasteiger partial charge is 0.338 e. The lowest BCUT2D eigenvalue weighted by Gasteiger charge is -2.22. The maximum absolute atomic E-state index is 13.0. The van der Waals surface area contributed by atoms with Gasteiger partial charge in [-0.3, -0.25) is 0 Å². The molecule has 0 saturated heterocycles. The van der Waals surface area contributed by atoms with Gasteiger partial charge in [0.1, 0.15) is 5.82 Å². The summed E-state index contributed by atoms with van der Waals surface area (Å²) in [6.45, 7) is 4.73. The van der Waals surface area contributed by atoms with Gasteiger partial charge in [-0.2, -0.15) is 4.98 Å². The van der Waals surface area contributed by atoms with E-state index >= 15 is 0 Å². The fourth-order valence-corrected chi connectivity index (χ4v) is 2.77. The molecule has 0 aliphatic carbocycles. The van der Waals surface area contributed by atoms with Crippen molar-refractivity contribution >= 4 is 11.6 Å². The van der Waals surface area contributed by atoms with Crippen LogP contribution in [-0.2, 0) is 6.54 Å². The van der Waals surface area contributed by atoms with Crippen LogP contribution in [0.2, 0.25) is 5.02 Å². The fourth-order valence-electron chi connectivity index (χ4n) is 2.65. The van der Waals surface area contributed by atoms with Gasteiger partial charge in [0, 0.05) is 16.6 Å². The second kappa shape index (κ2) is 7.76. The standard InChI is InChI=1S/C19H19ClFN3O/c1-12(2)18(13-3-7-15(20)8-4-13)22-11-17-23-19(24-25-17)14-5-9-16(21)10-6-14/h3-10,12,18,22H,11H2,1-2H3. The van der Waals surface area contributed by atoms with Crippen molar-refractivity contribution in [3.63, 3.8) is 0 Å². The molecule has 0 fully saturated rings. The van der Waals surface area contributed by atoms with E-state index in [9.17, 15) is 4.39 Å². The van der Waals surface area contributed by atoms with Crippen LogP contribution in [0, 0.1) is 11.7 Å². The van der Waals surface area contributed by atoms with Gasteiger partial charge in [0.05, 0.1) is 6.54 Å². The number of aromatic nitrogens is 2. The van der Waals surface area contributed by atoms with Gasteiger partial charge in [-0.25, -0.2) is 4.39 Å². The maximum atomic E-state index is 13.0. The molecule has 0 aliphatic rings. The second-order valence-electron chi connectivity index (χ2n) is 6.17. The molecule has 3 rings (SSSR count). The predicted molar refractivity (Wildman–Crippen MR) is 95.6 cm³/mol. The SMILES string of the molecule is CC(C)C(NCc1nc(-c2ccc(F)cc2)no1)c1ccc(Cl)cc1. The molecule has 4 nitrogen and oxygen atoms in total. The quantitative estimate of drug-likeness (QED) is 0.671.